The molecule has 0 bridgehead atoms. The first-order chi connectivity index (χ1) is 6.95. The molecule has 0 unspecified atom stereocenters. The molecule has 0 aliphatic rings. The molecule has 1 aromatic heterocycles. The second-order valence-corrected chi connectivity index (χ2v) is 4.81. The predicted octanol–water partition coefficient (Wildman–Crippen LogP) is 1.40. The summed E-state index contributed by atoms with van der Waals surface area (Å²) in [5.41, 5.74) is -0.520. The molecule has 0 fully saturated rings. The molecule has 15 heavy (non-hydrogen) atoms. The Morgan fingerprint density at radius 2 is 2.27 bits per heavy atom. The molecule has 0 saturated heterocycles. The number of hydrogen-bond donors (Lipinski definition) is 1. The van der Waals surface area contributed by atoms with E-state index < -0.39 is 5.41 Å². The molecule has 0 amide bonds. The second-order valence-electron chi connectivity index (χ2n) is 3.87. The van der Waals surface area contributed by atoms with Gasteiger partial charge in [-0.05, 0) is 20.8 Å². The number of aromatic nitrogens is 3. The van der Waals surface area contributed by atoms with Gasteiger partial charge in [-0.2, -0.15) is 0 Å². The van der Waals surface area contributed by atoms with E-state index in [0.29, 0.717) is 10.9 Å². The molecule has 1 N–H and O–H groups in total. The van der Waals surface area contributed by atoms with Crippen molar-refractivity contribution in [1.82, 2.24) is 15.2 Å². The van der Waals surface area contributed by atoms with Gasteiger partial charge in [0.1, 0.15) is 5.82 Å². The van der Waals surface area contributed by atoms with Crippen molar-refractivity contribution >= 4 is 17.7 Å². The summed E-state index contributed by atoms with van der Waals surface area (Å²) in [6, 6.07) is 0. The van der Waals surface area contributed by atoms with Crippen molar-refractivity contribution in [2.45, 2.75) is 25.9 Å². The van der Waals surface area contributed by atoms with E-state index in [0.717, 1.165) is 5.82 Å². The summed E-state index contributed by atoms with van der Waals surface area (Å²) < 4.78 is 4.71. The Morgan fingerprint density at radius 3 is 2.73 bits per heavy atom. The summed E-state index contributed by atoms with van der Waals surface area (Å²) in [5.74, 6) is 1.15. The largest absolute Gasteiger partial charge is 0.469 e. The van der Waals surface area contributed by atoms with Crippen LogP contribution in [0.2, 0.25) is 0 Å². The Kier molecular flexibility index (Phi) is 3.73. The van der Waals surface area contributed by atoms with E-state index in [2.05, 4.69) is 15.2 Å². The zero-order valence-corrected chi connectivity index (χ0v) is 10.1. The normalized spacial score (nSPS) is 11.5. The number of H-pyrrole nitrogens is 1. The zero-order chi connectivity index (χ0) is 11.5. The zero-order valence-electron chi connectivity index (χ0n) is 9.33. The monoisotopic (exact) mass is 229 g/mol. The fraction of sp³-hybridized carbons (Fsp3) is 0.667. The van der Waals surface area contributed by atoms with Crippen LogP contribution in [-0.2, 0) is 9.53 Å². The summed E-state index contributed by atoms with van der Waals surface area (Å²) in [6.45, 7) is 5.51. The number of rotatable bonds is 4. The summed E-state index contributed by atoms with van der Waals surface area (Å²) >= 11 is 1.44. The number of carbonyl (C=O) groups excluding carboxylic acids is 1. The number of aromatic amines is 1. The van der Waals surface area contributed by atoms with E-state index >= 15 is 0 Å². The van der Waals surface area contributed by atoms with Gasteiger partial charge < -0.3 is 4.74 Å². The van der Waals surface area contributed by atoms with Crippen LogP contribution < -0.4 is 0 Å². The Hall–Kier alpha value is -1.04. The Bertz CT molecular complexity index is 349. The van der Waals surface area contributed by atoms with E-state index in [-0.39, 0.29) is 5.97 Å². The van der Waals surface area contributed by atoms with Gasteiger partial charge in [0.15, 0.2) is 0 Å². The first kappa shape index (κ1) is 12.0. The van der Waals surface area contributed by atoms with Gasteiger partial charge in [-0.1, -0.05) is 11.8 Å². The number of nitrogens with zero attached hydrogens (tertiary/aromatic N) is 2. The minimum Gasteiger partial charge on any atom is -0.469 e. The predicted molar refractivity (Wildman–Crippen MR) is 57.6 cm³/mol. The van der Waals surface area contributed by atoms with E-state index in [4.69, 9.17) is 4.74 Å². The van der Waals surface area contributed by atoms with Gasteiger partial charge in [-0.15, -0.1) is 5.10 Å². The molecule has 0 spiro atoms. The second kappa shape index (κ2) is 4.65. The quantitative estimate of drug-likeness (QED) is 0.624. The van der Waals surface area contributed by atoms with Gasteiger partial charge in [-0.25, -0.2) is 4.98 Å². The summed E-state index contributed by atoms with van der Waals surface area (Å²) in [5, 5.41) is 7.39. The van der Waals surface area contributed by atoms with E-state index in [1.54, 1.807) is 0 Å². The van der Waals surface area contributed by atoms with Crippen LogP contribution in [0.1, 0.15) is 19.7 Å². The van der Waals surface area contributed by atoms with E-state index in [1.165, 1.54) is 18.9 Å². The van der Waals surface area contributed by atoms with Crippen LogP contribution in [0.3, 0.4) is 0 Å². The maximum Gasteiger partial charge on any atom is 0.312 e. The first-order valence-corrected chi connectivity index (χ1v) is 5.54. The molecular formula is C9H15N3O2S. The molecular weight excluding hydrogens is 214 g/mol. The average Bonchev–Trinajstić information content (AvgIpc) is 2.60. The molecule has 1 aromatic rings. The summed E-state index contributed by atoms with van der Waals surface area (Å²) in [4.78, 5) is 15.5. The lowest BCUT2D eigenvalue weighted by molar-refractivity contribution is -0.149. The number of methoxy groups -OCH3 is 1. The van der Waals surface area contributed by atoms with Gasteiger partial charge in [0, 0.05) is 5.75 Å². The maximum atomic E-state index is 11.4. The highest BCUT2D eigenvalue weighted by molar-refractivity contribution is 7.99. The number of aryl methyl sites for hydroxylation is 1. The van der Waals surface area contributed by atoms with Gasteiger partial charge in [-0.3, -0.25) is 9.89 Å². The molecule has 6 heteroatoms. The highest BCUT2D eigenvalue weighted by atomic mass is 32.2. The van der Waals surface area contributed by atoms with Crippen LogP contribution >= 0.6 is 11.8 Å². The van der Waals surface area contributed by atoms with Gasteiger partial charge >= 0.3 is 5.97 Å². The fourth-order valence-corrected chi connectivity index (χ4v) is 1.89. The molecule has 5 nitrogen and oxygen atoms in total. The molecule has 84 valence electrons. The lowest BCUT2D eigenvalue weighted by Crippen LogP contribution is -2.28. The van der Waals surface area contributed by atoms with Crippen molar-refractivity contribution < 1.29 is 9.53 Å². The number of carbonyl (C=O) groups is 1. The van der Waals surface area contributed by atoms with Gasteiger partial charge in [0.25, 0.3) is 0 Å². The van der Waals surface area contributed by atoms with Crippen LogP contribution in [-0.4, -0.2) is 34.0 Å². The Balaban J connectivity index is 2.53. The topological polar surface area (TPSA) is 67.9 Å². The molecule has 0 radical (unpaired) electrons. The Labute approximate surface area is 93.0 Å². The molecule has 0 atom stereocenters. The Morgan fingerprint density at radius 1 is 1.60 bits per heavy atom. The smallest absolute Gasteiger partial charge is 0.312 e. The van der Waals surface area contributed by atoms with Crippen LogP contribution in [0.5, 0.6) is 0 Å². The van der Waals surface area contributed by atoms with Gasteiger partial charge in [0.05, 0.1) is 12.5 Å². The summed E-state index contributed by atoms with van der Waals surface area (Å²) in [7, 11) is 1.39. The third kappa shape index (κ3) is 3.23. The molecule has 1 heterocycles. The lowest BCUT2D eigenvalue weighted by atomic mass is 9.97. The molecule has 0 saturated carbocycles. The molecule has 0 aliphatic heterocycles. The van der Waals surface area contributed by atoms with E-state index in [9.17, 15) is 4.79 Å². The molecule has 1 rings (SSSR count). The van der Waals surface area contributed by atoms with Crippen molar-refractivity contribution in [2.75, 3.05) is 12.9 Å². The third-order valence-electron chi connectivity index (χ3n) is 1.88. The number of ether oxygens (including phenoxy) is 1. The van der Waals surface area contributed by atoms with Crippen molar-refractivity contribution in [3.05, 3.63) is 5.82 Å². The van der Waals surface area contributed by atoms with Crippen molar-refractivity contribution in [1.29, 1.82) is 0 Å². The highest BCUT2D eigenvalue weighted by Crippen LogP contribution is 2.26. The summed E-state index contributed by atoms with van der Waals surface area (Å²) in [6.07, 6.45) is 0. The minimum atomic E-state index is -0.520. The van der Waals surface area contributed by atoms with E-state index in [1.807, 2.05) is 20.8 Å². The van der Waals surface area contributed by atoms with Crippen molar-refractivity contribution in [3.8, 4) is 0 Å². The van der Waals surface area contributed by atoms with Crippen molar-refractivity contribution in [2.24, 2.45) is 5.41 Å². The lowest BCUT2D eigenvalue weighted by Gasteiger charge is -2.19. The van der Waals surface area contributed by atoms with Crippen LogP contribution in [0.15, 0.2) is 5.16 Å². The number of nitrogens with one attached hydrogen (secondary N) is 1. The SMILES string of the molecule is COC(=O)C(C)(C)CSc1n[nH]c(C)n1. The van der Waals surface area contributed by atoms with Crippen molar-refractivity contribution in [3.63, 3.8) is 0 Å². The molecule has 0 aliphatic carbocycles. The van der Waals surface area contributed by atoms with Crippen LogP contribution in [0, 0.1) is 12.3 Å². The standard InChI is InChI=1S/C9H15N3O2S/c1-6-10-8(12-11-6)15-5-9(2,3)7(13)14-4/h5H2,1-4H3,(H,10,11,12). The average molecular weight is 229 g/mol. The molecule has 0 aromatic carbocycles. The number of thioether (sulfide) groups is 1. The van der Waals surface area contributed by atoms with Crippen LogP contribution in [0.25, 0.3) is 0 Å². The third-order valence-corrected chi connectivity index (χ3v) is 3.18. The number of esters is 1. The maximum absolute atomic E-state index is 11.4. The van der Waals surface area contributed by atoms with Crippen LogP contribution in [0.4, 0.5) is 0 Å². The first-order valence-electron chi connectivity index (χ1n) is 4.56. The minimum absolute atomic E-state index is 0.220. The van der Waals surface area contributed by atoms with Gasteiger partial charge in [0.2, 0.25) is 5.16 Å². The fourth-order valence-electron chi connectivity index (χ4n) is 0.967. The highest BCUT2D eigenvalue weighted by Gasteiger charge is 2.29. The number of hydrogen-bond acceptors (Lipinski definition) is 5.